The third-order valence-corrected chi connectivity index (χ3v) is 5.55. The molecule has 1 saturated heterocycles. The van der Waals surface area contributed by atoms with Gasteiger partial charge < -0.3 is 19.9 Å². The molecule has 2 aromatic carbocycles. The highest BCUT2D eigenvalue weighted by Gasteiger charge is 2.30. The molecular formula is C24H33N3O2+2. The highest BCUT2D eigenvalue weighted by atomic mass is 16.5. The zero-order valence-electron chi connectivity index (χ0n) is 17.5. The lowest BCUT2D eigenvalue weighted by atomic mass is 10.2. The number of quaternary nitrogens is 2. The summed E-state index contributed by atoms with van der Waals surface area (Å²) in [5.74, 6) is 0.904. The SMILES string of the molecule is CCOc1ccc(NC(=O)[C@@H](C)[NH+]2CC[NH+](C/C=C/c3ccccc3)CC2)cc1. The third-order valence-electron chi connectivity index (χ3n) is 5.55. The van der Waals surface area contributed by atoms with E-state index in [4.69, 9.17) is 4.74 Å². The highest BCUT2D eigenvalue weighted by molar-refractivity contribution is 5.93. The number of amides is 1. The van der Waals surface area contributed by atoms with Gasteiger partial charge in [-0.1, -0.05) is 36.4 Å². The number of hydrogen-bond donors (Lipinski definition) is 3. The van der Waals surface area contributed by atoms with Crippen molar-refractivity contribution in [3.05, 3.63) is 66.2 Å². The average Bonchev–Trinajstić information content (AvgIpc) is 2.76. The zero-order chi connectivity index (χ0) is 20.5. The van der Waals surface area contributed by atoms with E-state index in [0.717, 1.165) is 44.2 Å². The van der Waals surface area contributed by atoms with Crippen LogP contribution in [0.4, 0.5) is 5.69 Å². The van der Waals surface area contributed by atoms with Crippen LogP contribution in [-0.2, 0) is 4.79 Å². The summed E-state index contributed by atoms with van der Waals surface area (Å²) < 4.78 is 5.45. The standard InChI is InChI=1S/C24H31N3O2/c1-3-29-23-13-11-22(12-14-23)25-24(28)20(2)27-18-16-26(17-19-27)15-7-10-21-8-5-4-6-9-21/h4-14,20H,3,15-19H2,1-2H3,(H,25,28)/p+2/b10-7+/t20-/m1/s1. The van der Waals surface area contributed by atoms with Gasteiger partial charge in [0.15, 0.2) is 6.04 Å². The van der Waals surface area contributed by atoms with Gasteiger partial charge in [0.1, 0.15) is 31.9 Å². The molecule has 3 rings (SSSR count). The molecular weight excluding hydrogens is 362 g/mol. The largest absolute Gasteiger partial charge is 0.494 e. The van der Waals surface area contributed by atoms with Crippen LogP contribution in [0.1, 0.15) is 19.4 Å². The van der Waals surface area contributed by atoms with Gasteiger partial charge >= 0.3 is 0 Å². The van der Waals surface area contributed by atoms with Crippen molar-refractivity contribution in [2.45, 2.75) is 19.9 Å². The molecule has 1 atom stereocenters. The molecule has 1 aliphatic heterocycles. The molecule has 1 amide bonds. The van der Waals surface area contributed by atoms with Gasteiger partial charge in [-0.05, 0) is 49.8 Å². The van der Waals surface area contributed by atoms with Gasteiger partial charge in [0.25, 0.3) is 5.91 Å². The fourth-order valence-corrected chi connectivity index (χ4v) is 3.72. The first-order valence-electron chi connectivity index (χ1n) is 10.6. The number of ether oxygens (including phenoxy) is 1. The smallest absolute Gasteiger partial charge is 0.282 e. The molecule has 1 heterocycles. The van der Waals surface area contributed by atoms with E-state index in [1.165, 1.54) is 10.5 Å². The van der Waals surface area contributed by atoms with Crippen LogP contribution in [0.3, 0.4) is 0 Å². The van der Waals surface area contributed by atoms with Gasteiger partial charge in [-0.2, -0.15) is 0 Å². The molecule has 0 radical (unpaired) electrons. The lowest BCUT2D eigenvalue weighted by Crippen LogP contribution is -3.29. The number of carbonyl (C=O) groups is 1. The first-order valence-corrected chi connectivity index (χ1v) is 10.6. The molecule has 2 aromatic rings. The first kappa shape index (κ1) is 21.1. The second-order valence-corrected chi connectivity index (χ2v) is 7.59. The first-order chi connectivity index (χ1) is 14.2. The summed E-state index contributed by atoms with van der Waals surface area (Å²) in [6, 6.07) is 17.9. The zero-order valence-corrected chi connectivity index (χ0v) is 17.5. The maximum absolute atomic E-state index is 12.7. The Morgan fingerprint density at radius 1 is 1.07 bits per heavy atom. The average molecular weight is 396 g/mol. The van der Waals surface area contributed by atoms with Gasteiger partial charge in [-0.25, -0.2) is 0 Å². The Morgan fingerprint density at radius 2 is 1.76 bits per heavy atom. The van der Waals surface area contributed by atoms with E-state index in [1.54, 1.807) is 4.90 Å². The van der Waals surface area contributed by atoms with Crippen LogP contribution in [0, 0.1) is 0 Å². The van der Waals surface area contributed by atoms with Crippen LogP contribution in [0.5, 0.6) is 5.75 Å². The van der Waals surface area contributed by atoms with E-state index in [1.807, 2.05) is 44.2 Å². The monoisotopic (exact) mass is 395 g/mol. The van der Waals surface area contributed by atoms with E-state index >= 15 is 0 Å². The number of nitrogens with one attached hydrogen (secondary N) is 3. The molecule has 154 valence electrons. The van der Waals surface area contributed by atoms with Crippen LogP contribution in [0.2, 0.25) is 0 Å². The van der Waals surface area contributed by atoms with Crippen LogP contribution in [0.15, 0.2) is 60.7 Å². The lowest BCUT2D eigenvalue weighted by molar-refractivity contribution is -1.02. The van der Waals surface area contributed by atoms with E-state index in [9.17, 15) is 4.79 Å². The minimum Gasteiger partial charge on any atom is -0.494 e. The van der Waals surface area contributed by atoms with E-state index in [2.05, 4.69) is 41.7 Å². The topological polar surface area (TPSA) is 47.2 Å². The molecule has 3 N–H and O–H groups in total. The Morgan fingerprint density at radius 3 is 2.41 bits per heavy atom. The van der Waals surface area contributed by atoms with Crippen LogP contribution in [-0.4, -0.2) is 51.3 Å². The normalized spacial score (nSPS) is 20.3. The fraction of sp³-hybridized carbons (Fsp3) is 0.375. The molecule has 0 bridgehead atoms. The van der Waals surface area contributed by atoms with E-state index in [0.29, 0.717) is 6.61 Å². The minimum absolute atomic E-state index is 0.0528. The fourth-order valence-electron chi connectivity index (χ4n) is 3.72. The molecule has 0 aromatic heterocycles. The Labute approximate surface area is 174 Å². The summed E-state index contributed by atoms with van der Waals surface area (Å²) in [6.07, 6.45) is 4.46. The molecule has 0 aliphatic carbocycles. The van der Waals surface area contributed by atoms with Crippen molar-refractivity contribution in [3.63, 3.8) is 0 Å². The van der Waals surface area contributed by atoms with Crippen LogP contribution >= 0.6 is 0 Å². The summed E-state index contributed by atoms with van der Waals surface area (Å²) in [5.41, 5.74) is 2.07. The predicted molar refractivity (Wildman–Crippen MR) is 117 cm³/mol. The van der Waals surface area contributed by atoms with Crippen molar-refractivity contribution in [2.24, 2.45) is 0 Å². The Hall–Kier alpha value is -2.63. The number of hydrogen-bond acceptors (Lipinski definition) is 2. The maximum Gasteiger partial charge on any atom is 0.282 e. The van der Waals surface area contributed by atoms with Crippen molar-refractivity contribution < 1.29 is 19.3 Å². The number of benzene rings is 2. The van der Waals surface area contributed by atoms with Crippen molar-refractivity contribution in [1.82, 2.24) is 0 Å². The summed E-state index contributed by atoms with van der Waals surface area (Å²) in [5, 5.41) is 3.04. The van der Waals surface area contributed by atoms with Crippen molar-refractivity contribution in [2.75, 3.05) is 44.6 Å². The van der Waals surface area contributed by atoms with Crippen molar-refractivity contribution >= 4 is 17.7 Å². The molecule has 1 aliphatic rings. The van der Waals surface area contributed by atoms with Gasteiger partial charge in [0, 0.05) is 5.69 Å². The Kier molecular flexibility index (Phi) is 7.85. The van der Waals surface area contributed by atoms with Crippen molar-refractivity contribution in [1.29, 1.82) is 0 Å². The maximum atomic E-state index is 12.7. The van der Waals surface area contributed by atoms with Crippen LogP contribution < -0.4 is 19.9 Å². The summed E-state index contributed by atoms with van der Waals surface area (Å²) in [6.45, 7) is 9.89. The quantitative estimate of drug-likeness (QED) is 0.622. The number of anilines is 1. The van der Waals surface area contributed by atoms with Crippen LogP contribution in [0.25, 0.3) is 6.08 Å². The number of carbonyl (C=O) groups excluding carboxylic acids is 1. The molecule has 1 fully saturated rings. The lowest BCUT2D eigenvalue weighted by Gasteiger charge is -2.32. The second-order valence-electron chi connectivity index (χ2n) is 7.59. The summed E-state index contributed by atoms with van der Waals surface area (Å²) >= 11 is 0. The predicted octanol–water partition coefficient (Wildman–Crippen LogP) is 0.909. The van der Waals surface area contributed by atoms with Gasteiger partial charge in [-0.3, -0.25) is 4.79 Å². The van der Waals surface area contributed by atoms with Gasteiger partial charge in [0.05, 0.1) is 13.2 Å². The number of rotatable bonds is 8. The van der Waals surface area contributed by atoms with Crippen molar-refractivity contribution in [3.8, 4) is 5.75 Å². The molecule has 5 heteroatoms. The summed E-state index contributed by atoms with van der Waals surface area (Å²) in [4.78, 5) is 15.6. The molecule has 29 heavy (non-hydrogen) atoms. The summed E-state index contributed by atoms with van der Waals surface area (Å²) in [7, 11) is 0. The van der Waals surface area contributed by atoms with Gasteiger partial charge in [0.2, 0.25) is 0 Å². The number of piperazine rings is 1. The second kappa shape index (κ2) is 10.8. The molecule has 0 saturated carbocycles. The third kappa shape index (κ3) is 6.44. The van der Waals surface area contributed by atoms with E-state index in [-0.39, 0.29) is 11.9 Å². The Balaban J connectivity index is 1.42. The molecule has 0 spiro atoms. The highest BCUT2D eigenvalue weighted by Crippen LogP contribution is 2.15. The Bertz CT molecular complexity index is 782. The minimum atomic E-state index is -0.0528. The van der Waals surface area contributed by atoms with Gasteiger partial charge in [-0.15, -0.1) is 0 Å². The molecule has 5 nitrogen and oxygen atoms in total. The van der Waals surface area contributed by atoms with E-state index < -0.39 is 0 Å². The molecule has 0 unspecified atom stereocenters.